The molecule has 20 heavy (non-hydrogen) atoms. The van der Waals surface area contributed by atoms with Crippen LogP contribution in [0.2, 0.25) is 0 Å². The van der Waals surface area contributed by atoms with Gasteiger partial charge in [0.25, 0.3) is 0 Å². The first-order chi connectivity index (χ1) is 9.61. The Kier molecular flexibility index (Phi) is 4.45. The van der Waals surface area contributed by atoms with Crippen molar-refractivity contribution >= 4 is 17.3 Å². The highest BCUT2D eigenvalue weighted by Gasteiger charge is 2.12. The zero-order chi connectivity index (χ0) is 14.5. The van der Waals surface area contributed by atoms with E-state index in [9.17, 15) is 8.78 Å². The zero-order valence-corrected chi connectivity index (χ0v) is 11.4. The molecule has 0 saturated carbocycles. The summed E-state index contributed by atoms with van der Waals surface area (Å²) >= 11 is 0. The summed E-state index contributed by atoms with van der Waals surface area (Å²) in [6, 6.07) is 4.22. The molecule has 0 aliphatic heterocycles. The van der Waals surface area contributed by atoms with Gasteiger partial charge >= 0.3 is 0 Å². The lowest BCUT2D eigenvalue weighted by atomic mass is 10.2. The summed E-state index contributed by atoms with van der Waals surface area (Å²) in [5.41, 5.74) is 0.164. The smallest absolute Gasteiger partial charge is 0.152 e. The molecule has 1 heterocycles. The molecule has 2 aromatic rings. The first kappa shape index (κ1) is 14.2. The summed E-state index contributed by atoms with van der Waals surface area (Å²) in [6.45, 7) is 4.38. The van der Waals surface area contributed by atoms with Gasteiger partial charge in [0.05, 0.1) is 0 Å². The lowest BCUT2D eigenvalue weighted by Crippen LogP contribution is -2.05. The van der Waals surface area contributed by atoms with Crippen LogP contribution in [0.5, 0.6) is 0 Å². The quantitative estimate of drug-likeness (QED) is 0.877. The van der Waals surface area contributed by atoms with Crippen molar-refractivity contribution in [2.24, 2.45) is 0 Å². The summed E-state index contributed by atoms with van der Waals surface area (Å²) in [6.07, 6.45) is 2.29. The molecule has 0 fully saturated rings. The van der Waals surface area contributed by atoms with Crippen molar-refractivity contribution in [1.82, 2.24) is 9.97 Å². The lowest BCUT2D eigenvalue weighted by Gasteiger charge is -2.10. The Morgan fingerprint density at radius 1 is 1.15 bits per heavy atom. The number of hydrogen-bond acceptors (Lipinski definition) is 4. The highest BCUT2D eigenvalue weighted by atomic mass is 19.1. The monoisotopic (exact) mass is 278 g/mol. The van der Waals surface area contributed by atoms with Gasteiger partial charge in [-0.25, -0.2) is 18.7 Å². The van der Waals surface area contributed by atoms with Crippen molar-refractivity contribution in [1.29, 1.82) is 0 Å². The molecule has 0 radical (unpaired) electrons. The molecule has 6 heteroatoms. The third kappa shape index (κ3) is 3.20. The number of nitrogens with one attached hydrogen (secondary N) is 2. The fraction of sp³-hybridized carbons (Fsp3) is 0.286. The molecule has 0 atom stereocenters. The van der Waals surface area contributed by atoms with Crippen LogP contribution in [0, 0.1) is 18.6 Å². The van der Waals surface area contributed by atoms with Crippen molar-refractivity contribution in [3.05, 3.63) is 41.7 Å². The number of nitrogens with zero attached hydrogens (tertiary/aromatic N) is 2. The van der Waals surface area contributed by atoms with E-state index in [1.165, 1.54) is 18.5 Å². The van der Waals surface area contributed by atoms with Gasteiger partial charge in [-0.15, -0.1) is 0 Å². The van der Waals surface area contributed by atoms with Gasteiger partial charge in [0.1, 0.15) is 29.5 Å². The predicted octanol–water partition coefficient (Wildman–Crippen LogP) is 3.63. The predicted molar refractivity (Wildman–Crippen MR) is 75.2 cm³/mol. The molecule has 0 bridgehead atoms. The first-order valence-corrected chi connectivity index (χ1v) is 6.39. The first-order valence-electron chi connectivity index (χ1n) is 6.39. The van der Waals surface area contributed by atoms with Crippen LogP contribution in [0.4, 0.5) is 26.1 Å². The summed E-state index contributed by atoms with van der Waals surface area (Å²) in [7, 11) is 0. The van der Waals surface area contributed by atoms with Crippen molar-refractivity contribution in [2.75, 3.05) is 17.2 Å². The number of aromatic nitrogens is 2. The maximum absolute atomic E-state index is 13.9. The fourth-order valence-corrected chi connectivity index (χ4v) is 1.67. The average molecular weight is 278 g/mol. The van der Waals surface area contributed by atoms with Crippen LogP contribution in [-0.4, -0.2) is 16.5 Å². The minimum atomic E-state index is -0.658. The maximum atomic E-state index is 13.9. The van der Waals surface area contributed by atoms with E-state index in [1.807, 2.05) is 6.92 Å². The normalized spacial score (nSPS) is 10.4. The zero-order valence-electron chi connectivity index (χ0n) is 11.4. The van der Waals surface area contributed by atoms with E-state index in [2.05, 4.69) is 20.6 Å². The third-order valence-corrected chi connectivity index (χ3v) is 2.76. The molecule has 106 valence electrons. The van der Waals surface area contributed by atoms with Crippen molar-refractivity contribution < 1.29 is 8.78 Å². The van der Waals surface area contributed by atoms with Gasteiger partial charge in [-0.2, -0.15) is 0 Å². The van der Waals surface area contributed by atoms with E-state index in [4.69, 9.17) is 0 Å². The Balaban J connectivity index is 2.24. The second-order valence-electron chi connectivity index (χ2n) is 4.39. The van der Waals surface area contributed by atoms with E-state index in [0.29, 0.717) is 17.2 Å². The highest BCUT2D eigenvalue weighted by Crippen LogP contribution is 2.25. The summed E-state index contributed by atoms with van der Waals surface area (Å²) < 4.78 is 27.5. The fourth-order valence-electron chi connectivity index (χ4n) is 1.67. The van der Waals surface area contributed by atoms with Gasteiger partial charge in [0.2, 0.25) is 0 Å². The lowest BCUT2D eigenvalue weighted by molar-refractivity contribution is 0.584. The van der Waals surface area contributed by atoms with Gasteiger partial charge in [0.15, 0.2) is 5.82 Å². The number of hydrogen-bond donors (Lipinski definition) is 2. The van der Waals surface area contributed by atoms with Crippen molar-refractivity contribution in [3.8, 4) is 0 Å². The molecule has 4 nitrogen and oxygen atoms in total. The van der Waals surface area contributed by atoms with Crippen LogP contribution in [0.25, 0.3) is 0 Å². The number of benzene rings is 1. The van der Waals surface area contributed by atoms with Gasteiger partial charge in [-0.05, 0) is 25.0 Å². The molecule has 2 N–H and O–H groups in total. The molecule has 1 aromatic heterocycles. The van der Waals surface area contributed by atoms with Crippen LogP contribution in [0.1, 0.15) is 18.9 Å². The SMILES string of the molecule is CCCNc1cc(Nc2c(F)ccc(C)c2F)ncn1. The van der Waals surface area contributed by atoms with E-state index in [-0.39, 0.29) is 5.69 Å². The molecular formula is C14H16F2N4. The van der Waals surface area contributed by atoms with Crippen LogP contribution in [0.15, 0.2) is 24.5 Å². The van der Waals surface area contributed by atoms with Crippen molar-refractivity contribution in [3.63, 3.8) is 0 Å². The summed E-state index contributed by atoms with van der Waals surface area (Å²) in [5, 5.41) is 5.74. The molecule has 0 amide bonds. The molecule has 0 aliphatic rings. The molecule has 0 aliphatic carbocycles. The van der Waals surface area contributed by atoms with Gasteiger partial charge in [0, 0.05) is 12.6 Å². The Hall–Kier alpha value is -2.24. The topological polar surface area (TPSA) is 49.8 Å². The third-order valence-electron chi connectivity index (χ3n) is 2.76. The van der Waals surface area contributed by atoms with Crippen LogP contribution in [-0.2, 0) is 0 Å². The molecule has 0 saturated heterocycles. The van der Waals surface area contributed by atoms with Crippen molar-refractivity contribution in [2.45, 2.75) is 20.3 Å². The minimum absolute atomic E-state index is 0.204. The summed E-state index contributed by atoms with van der Waals surface area (Å²) in [5.74, 6) is -0.332. The van der Waals surface area contributed by atoms with Crippen LogP contribution >= 0.6 is 0 Å². The molecule has 0 spiro atoms. The second kappa shape index (κ2) is 6.27. The number of rotatable bonds is 5. The van der Waals surface area contributed by atoms with E-state index < -0.39 is 11.6 Å². The second-order valence-corrected chi connectivity index (χ2v) is 4.39. The van der Waals surface area contributed by atoms with E-state index >= 15 is 0 Å². The number of anilines is 3. The van der Waals surface area contributed by atoms with E-state index in [0.717, 1.165) is 13.0 Å². The number of aryl methyl sites for hydroxylation is 1. The van der Waals surface area contributed by atoms with Gasteiger partial charge < -0.3 is 10.6 Å². The summed E-state index contributed by atoms with van der Waals surface area (Å²) in [4.78, 5) is 7.99. The Morgan fingerprint density at radius 3 is 2.65 bits per heavy atom. The Labute approximate surface area is 116 Å². The van der Waals surface area contributed by atoms with Gasteiger partial charge in [-0.3, -0.25) is 0 Å². The maximum Gasteiger partial charge on any atom is 0.152 e. The molecule has 0 unspecified atom stereocenters. The Morgan fingerprint density at radius 2 is 1.90 bits per heavy atom. The highest BCUT2D eigenvalue weighted by molar-refractivity contribution is 5.61. The van der Waals surface area contributed by atoms with Crippen LogP contribution < -0.4 is 10.6 Å². The van der Waals surface area contributed by atoms with E-state index in [1.54, 1.807) is 13.0 Å². The van der Waals surface area contributed by atoms with Crippen LogP contribution in [0.3, 0.4) is 0 Å². The molecule has 1 aromatic carbocycles. The Bertz CT molecular complexity index is 602. The molecule has 2 rings (SSSR count). The number of halogens is 2. The average Bonchev–Trinajstić information content (AvgIpc) is 2.46. The minimum Gasteiger partial charge on any atom is -0.370 e. The van der Waals surface area contributed by atoms with Gasteiger partial charge in [-0.1, -0.05) is 13.0 Å². The largest absolute Gasteiger partial charge is 0.370 e. The standard InChI is InChI=1S/C14H16F2N4/c1-3-6-17-11-7-12(19-8-18-11)20-14-10(15)5-4-9(2)13(14)16/h4-5,7-8H,3,6H2,1-2H3,(H2,17,18,19,20). The molecular weight excluding hydrogens is 262 g/mol.